The van der Waals surface area contributed by atoms with E-state index in [4.69, 9.17) is 0 Å². The van der Waals surface area contributed by atoms with Crippen LogP contribution in [0, 0.1) is 19.7 Å². The summed E-state index contributed by atoms with van der Waals surface area (Å²) < 4.78 is 14.5. The Balaban J connectivity index is 1.83. The number of aryl methyl sites for hydroxylation is 2. The minimum atomic E-state index is -0.439. The minimum Gasteiger partial charge on any atom is -0.319 e. The molecule has 1 aromatic heterocycles. The first-order valence-electron chi connectivity index (χ1n) is 7.10. The molecule has 0 aliphatic rings. The molecule has 0 radical (unpaired) electrons. The molecule has 1 amide bonds. The highest BCUT2D eigenvalue weighted by Crippen LogP contribution is 2.13. The molecule has 23 heavy (non-hydrogen) atoms. The lowest BCUT2D eigenvalue weighted by Crippen LogP contribution is -2.14. The number of aromatic nitrogens is 3. The SMILES string of the molecule is Cc1ccc(-n2nc(C(=O)Nc3ccc(F)cc3)nc2C)cc1. The Morgan fingerprint density at radius 3 is 2.35 bits per heavy atom. The Bertz CT molecular complexity index is 838. The lowest BCUT2D eigenvalue weighted by molar-refractivity contribution is 0.101. The number of nitrogens with one attached hydrogen (secondary N) is 1. The molecule has 0 aliphatic carbocycles. The Morgan fingerprint density at radius 1 is 1.04 bits per heavy atom. The van der Waals surface area contributed by atoms with Gasteiger partial charge in [-0.1, -0.05) is 17.7 Å². The number of carbonyl (C=O) groups excluding carboxylic acids is 1. The summed E-state index contributed by atoms with van der Waals surface area (Å²) in [5.41, 5.74) is 2.46. The van der Waals surface area contributed by atoms with E-state index >= 15 is 0 Å². The molecule has 0 bridgehead atoms. The maximum atomic E-state index is 12.9. The lowest BCUT2D eigenvalue weighted by atomic mass is 10.2. The van der Waals surface area contributed by atoms with Crippen LogP contribution in [0.4, 0.5) is 10.1 Å². The van der Waals surface area contributed by atoms with Gasteiger partial charge < -0.3 is 5.32 Å². The molecule has 1 N–H and O–H groups in total. The second-order valence-corrected chi connectivity index (χ2v) is 5.19. The van der Waals surface area contributed by atoms with E-state index in [-0.39, 0.29) is 11.6 Å². The van der Waals surface area contributed by atoms with Gasteiger partial charge in [-0.15, -0.1) is 5.10 Å². The standard InChI is InChI=1S/C17H15FN4O/c1-11-3-9-15(10-4-11)22-12(2)19-16(21-22)17(23)20-14-7-5-13(18)6-8-14/h3-10H,1-2H3,(H,20,23). The number of carbonyl (C=O) groups is 1. The molecule has 116 valence electrons. The maximum Gasteiger partial charge on any atom is 0.295 e. The van der Waals surface area contributed by atoms with Crippen LogP contribution in [0.3, 0.4) is 0 Å². The smallest absolute Gasteiger partial charge is 0.295 e. The lowest BCUT2D eigenvalue weighted by Gasteiger charge is -2.03. The van der Waals surface area contributed by atoms with E-state index in [1.165, 1.54) is 24.3 Å². The van der Waals surface area contributed by atoms with Gasteiger partial charge in [0.2, 0.25) is 5.82 Å². The van der Waals surface area contributed by atoms with E-state index in [2.05, 4.69) is 15.4 Å². The van der Waals surface area contributed by atoms with Crippen LogP contribution in [0.1, 0.15) is 22.0 Å². The molecule has 0 aliphatic heterocycles. The summed E-state index contributed by atoms with van der Waals surface area (Å²) in [6.45, 7) is 3.78. The van der Waals surface area contributed by atoms with Crippen LogP contribution in [-0.2, 0) is 0 Å². The molecule has 0 saturated heterocycles. The van der Waals surface area contributed by atoms with Crippen LogP contribution in [0.15, 0.2) is 48.5 Å². The number of hydrogen-bond donors (Lipinski definition) is 1. The Kier molecular flexibility index (Phi) is 3.89. The summed E-state index contributed by atoms with van der Waals surface area (Å²) in [6, 6.07) is 13.3. The Morgan fingerprint density at radius 2 is 1.70 bits per heavy atom. The summed E-state index contributed by atoms with van der Waals surface area (Å²) in [6.07, 6.45) is 0. The number of halogens is 1. The van der Waals surface area contributed by atoms with Crippen LogP contribution < -0.4 is 5.32 Å². The van der Waals surface area contributed by atoms with Crippen molar-refractivity contribution >= 4 is 11.6 Å². The molecule has 3 rings (SSSR count). The highest BCUT2D eigenvalue weighted by Gasteiger charge is 2.15. The van der Waals surface area contributed by atoms with Gasteiger partial charge in [0.05, 0.1) is 5.69 Å². The van der Waals surface area contributed by atoms with Gasteiger partial charge in [-0.05, 0) is 50.2 Å². The molecule has 6 heteroatoms. The number of nitrogens with zero attached hydrogens (tertiary/aromatic N) is 3. The quantitative estimate of drug-likeness (QED) is 0.807. The highest BCUT2D eigenvalue weighted by molar-refractivity contribution is 6.01. The summed E-state index contributed by atoms with van der Waals surface area (Å²) >= 11 is 0. The van der Waals surface area contributed by atoms with E-state index in [1.807, 2.05) is 31.2 Å². The third kappa shape index (κ3) is 3.26. The predicted molar refractivity (Wildman–Crippen MR) is 85.2 cm³/mol. The van der Waals surface area contributed by atoms with Gasteiger partial charge in [-0.2, -0.15) is 0 Å². The van der Waals surface area contributed by atoms with Gasteiger partial charge in [-0.3, -0.25) is 4.79 Å². The molecular formula is C17H15FN4O. The first kappa shape index (κ1) is 14.9. The van der Waals surface area contributed by atoms with Crippen LogP contribution in [0.5, 0.6) is 0 Å². The van der Waals surface area contributed by atoms with Gasteiger partial charge >= 0.3 is 0 Å². The zero-order valence-corrected chi connectivity index (χ0v) is 12.7. The van der Waals surface area contributed by atoms with Crippen molar-refractivity contribution in [1.29, 1.82) is 0 Å². The van der Waals surface area contributed by atoms with Crippen molar-refractivity contribution in [2.45, 2.75) is 13.8 Å². The van der Waals surface area contributed by atoms with Crippen molar-refractivity contribution in [3.8, 4) is 5.69 Å². The normalized spacial score (nSPS) is 10.6. The topological polar surface area (TPSA) is 59.8 Å². The van der Waals surface area contributed by atoms with Crippen molar-refractivity contribution < 1.29 is 9.18 Å². The third-order valence-electron chi connectivity index (χ3n) is 3.35. The molecule has 0 atom stereocenters. The monoisotopic (exact) mass is 310 g/mol. The predicted octanol–water partition coefficient (Wildman–Crippen LogP) is 3.28. The van der Waals surface area contributed by atoms with E-state index in [9.17, 15) is 9.18 Å². The number of amides is 1. The fourth-order valence-electron chi connectivity index (χ4n) is 2.14. The average Bonchev–Trinajstić information content (AvgIpc) is 2.92. The first-order valence-corrected chi connectivity index (χ1v) is 7.10. The van der Waals surface area contributed by atoms with Gasteiger partial charge in [0.25, 0.3) is 5.91 Å². The van der Waals surface area contributed by atoms with Crippen LogP contribution in [0.2, 0.25) is 0 Å². The number of hydrogen-bond acceptors (Lipinski definition) is 3. The number of anilines is 1. The summed E-state index contributed by atoms with van der Waals surface area (Å²) in [4.78, 5) is 16.4. The van der Waals surface area contributed by atoms with E-state index in [0.717, 1.165) is 11.3 Å². The average molecular weight is 310 g/mol. The van der Waals surface area contributed by atoms with Crippen molar-refractivity contribution in [3.05, 3.63) is 71.6 Å². The Hall–Kier alpha value is -3.02. The summed E-state index contributed by atoms with van der Waals surface area (Å²) in [7, 11) is 0. The first-order chi connectivity index (χ1) is 11.0. The zero-order chi connectivity index (χ0) is 16.4. The molecule has 0 spiro atoms. The van der Waals surface area contributed by atoms with Gasteiger partial charge in [-0.25, -0.2) is 14.1 Å². The van der Waals surface area contributed by atoms with Gasteiger partial charge in [0.15, 0.2) is 0 Å². The van der Waals surface area contributed by atoms with Gasteiger partial charge in [0.1, 0.15) is 11.6 Å². The van der Waals surface area contributed by atoms with Crippen LogP contribution >= 0.6 is 0 Å². The molecular weight excluding hydrogens is 295 g/mol. The van der Waals surface area contributed by atoms with E-state index in [0.29, 0.717) is 11.5 Å². The van der Waals surface area contributed by atoms with Gasteiger partial charge in [0, 0.05) is 5.69 Å². The molecule has 1 heterocycles. The molecule has 0 unspecified atom stereocenters. The third-order valence-corrected chi connectivity index (χ3v) is 3.35. The van der Waals surface area contributed by atoms with Crippen LogP contribution in [0.25, 0.3) is 5.69 Å². The van der Waals surface area contributed by atoms with Crippen molar-refractivity contribution in [3.63, 3.8) is 0 Å². The molecule has 2 aromatic carbocycles. The molecule has 5 nitrogen and oxygen atoms in total. The fourth-order valence-corrected chi connectivity index (χ4v) is 2.14. The maximum absolute atomic E-state index is 12.9. The summed E-state index contributed by atoms with van der Waals surface area (Å²) in [5, 5.41) is 6.89. The molecule has 0 fully saturated rings. The number of benzene rings is 2. The molecule has 0 saturated carbocycles. The van der Waals surface area contributed by atoms with Crippen molar-refractivity contribution in [2.75, 3.05) is 5.32 Å². The number of rotatable bonds is 3. The van der Waals surface area contributed by atoms with E-state index < -0.39 is 5.91 Å². The van der Waals surface area contributed by atoms with Crippen LogP contribution in [-0.4, -0.2) is 20.7 Å². The second kappa shape index (κ2) is 6.00. The van der Waals surface area contributed by atoms with Crippen molar-refractivity contribution in [1.82, 2.24) is 14.8 Å². The fraction of sp³-hybridized carbons (Fsp3) is 0.118. The summed E-state index contributed by atoms with van der Waals surface area (Å²) in [5.74, 6) is -0.128. The minimum absolute atomic E-state index is 0.0624. The molecule has 3 aromatic rings. The van der Waals surface area contributed by atoms with E-state index in [1.54, 1.807) is 11.6 Å². The largest absolute Gasteiger partial charge is 0.319 e. The highest BCUT2D eigenvalue weighted by atomic mass is 19.1. The Labute approximate surface area is 132 Å². The van der Waals surface area contributed by atoms with Crippen molar-refractivity contribution in [2.24, 2.45) is 0 Å². The second-order valence-electron chi connectivity index (χ2n) is 5.19. The zero-order valence-electron chi connectivity index (χ0n) is 12.7.